The first-order valence-corrected chi connectivity index (χ1v) is 10.9. The van der Waals surface area contributed by atoms with E-state index in [1.807, 2.05) is 12.1 Å². The molecule has 166 valence electrons. The molecule has 1 N–H and O–H groups in total. The van der Waals surface area contributed by atoms with Crippen LogP contribution in [0.4, 0.5) is 15.9 Å². The van der Waals surface area contributed by atoms with E-state index in [1.54, 1.807) is 41.6 Å². The Balaban J connectivity index is 1.50. The highest BCUT2D eigenvalue weighted by Gasteiger charge is 2.21. The Morgan fingerprint density at radius 2 is 1.88 bits per heavy atom. The van der Waals surface area contributed by atoms with E-state index in [2.05, 4.69) is 14.9 Å². The van der Waals surface area contributed by atoms with Crippen molar-refractivity contribution >= 4 is 17.4 Å². The topological polar surface area (TPSA) is 69.6 Å². The maximum atomic E-state index is 13.4. The average Bonchev–Trinajstić information content (AvgIpc) is 2.84. The lowest BCUT2D eigenvalue weighted by atomic mass is 9.94. The first kappa shape index (κ1) is 21.9. The number of piperidine rings is 1. The van der Waals surface area contributed by atoms with Gasteiger partial charge in [0.1, 0.15) is 11.6 Å². The van der Waals surface area contributed by atoms with E-state index in [0.717, 1.165) is 43.7 Å². The van der Waals surface area contributed by atoms with Gasteiger partial charge in [0.05, 0.1) is 12.1 Å². The van der Waals surface area contributed by atoms with Gasteiger partial charge in [-0.05, 0) is 73.2 Å². The standard InChI is InChI=1S/C25H27FN4O2/c26-22-4-6-23(7-5-22)30(25(32)21-2-1-12-27-17-21)18-20-3-8-24(28-16-20)29-13-9-19(10-14-29)11-15-31/h1-8,12,16-17,19,31H,9-11,13-15,18H2. The van der Waals surface area contributed by atoms with Crippen LogP contribution in [0.2, 0.25) is 0 Å². The molecule has 3 heterocycles. The molecule has 1 fully saturated rings. The summed E-state index contributed by atoms with van der Waals surface area (Å²) in [5.41, 5.74) is 1.95. The number of nitrogens with zero attached hydrogens (tertiary/aromatic N) is 4. The van der Waals surface area contributed by atoms with Crippen molar-refractivity contribution in [2.75, 3.05) is 29.5 Å². The Kier molecular flexibility index (Phi) is 7.07. The Labute approximate surface area is 187 Å². The first-order chi connectivity index (χ1) is 15.6. The van der Waals surface area contributed by atoms with E-state index < -0.39 is 0 Å². The summed E-state index contributed by atoms with van der Waals surface area (Å²) in [4.78, 5) is 25.7. The van der Waals surface area contributed by atoms with Crippen LogP contribution >= 0.6 is 0 Å². The van der Waals surface area contributed by atoms with Crippen molar-refractivity contribution in [3.05, 3.63) is 84.1 Å². The Morgan fingerprint density at radius 3 is 2.50 bits per heavy atom. The predicted molar refractivity (Wildman–Crippen MR) is 122 cm³/mol. The number of carbonyl (C=O) groups excluding carboxylic acids is 1. The summed E-state index contributed by atoms with van der Waals surface area (Å²) in [5, 5.41) is 9.14. The number of halogens is 1. The summed E-state index contributed by atoms with van der Waals surface area (Å²) in [5.74, 6) is 0.942. The fraction of sp³-hybridized carbons (Fsp3) is 0.320. The zero-order valence-electron chi connectivity index (χ0n) is 17.9. The molecular formula is C25H27FN4O2. The second-order valence-electron chi connectivity index (χ2n) is 8.08. The summed E-state index contributed by atoms with van der Waals surface area (Å²) in [6.45, 7) is 2.42. The smallest absolute Gasteiger partial charge is 0.260 e. The normalized spacial score (nSPS) is 14.4. The Morgan fingerprint density at radius 1 is 1.09 bits per heavy atom. The average molecular weight is 435 g/mol. The number of aromatic nitrogens is 2. The first-order valence-electron chi connectivity index (χ1n) is 10.9. The lowest BCUT2D eigenvalue weighted by Crippen LogP contribution is -2.34. The van der Waals surface area contributed by atoms with Crippen molar-refractivity contribution in [2.45, 2.75) is 25.8 Å². The van der Waals surface area contributed by atoms with Crippen LogP contribution in [-0.2, 0) is 6.54 Å². The molecule has 1 saturated heterocycles. The summed E-state index contributed by atoms with van der Waals surface area (Å²) in [6, 6.07) is 13.3. The van der Waals surface area contributed by atoms with Gasteiger partial charge in [-0.2, -0.15) is 0 Å². The van der Waals surface area contributed by atoms with Crippen molar-refractivity contribution < 1.29 is 14.3 Å². The molecule has 4 rings (SSSR count). The molecule has 0 aliphatic carbocycles. The van der Waals surface area contributed by atoms with Crippen LogP contribution in [-0.4, -0.2) is 40.7 Å². The molecule has 1 amide bonds. The Hall–Kier alpha value is -3.32. The molecule has 0 bridgehead atoms. The van der Waals surface area contributed by atoms with Crippen LogP contribution in [0, 0.1) is 11.7 Å². The van der Waals surface area contributed by atoms with E-state index in [0.29, 0.717) is 23.7 Å². The number of anilines is 2. The van der Waals surface area contributed by atoms with Gasteiger partial charge in [0.2, 0.25) is 0 Å². The molecule has 0 spiro atoms. The largest absolute Gasteiger partial charge is 0.396 e. The summed E-state index contributed by atoms with van der Waals surface area (Å²) in [7, 11) is 0. The zero-order chi connectivity index (χ0) is 22.3. The predicted octanol–water partition coefficient (Wildman–Crippen LogP) is 4.06. The number of pyridine rings is 2. The van der Waals surface area contributed by atoms with Crippen molar-refractivity contribution in [1.82, 2.24) is 9.97 Å². The van der Waals surface area contributed by atoms with Crippen molar-refractivity contribution in [3.8, 4) is 0 Å². The van der Waals surface area contributed by atoms with Crippen LogP contribution in [0.25, 0.3) is 0 Å². The van der Waals surface area contributed by atoms with Crippen LogP contribution in [0.15, 0.2) is 67.1 Å². The van der Waals surface area contributed by atoms with Crippen LogP contribution in [0.1, 0.15) is 35.2 Å². The fourth-order valence-electron chi connectivity index (χ4n) is 4.06. The number of hydrogen-bond donors (Lipinski definition) is 1. The highest BCUT2D eigenvalue weighted by molar-refractivity contribution is 6.05. The number of aliphatic hydroxyl groups is 1. The van der Waals surface area contributed by atoms with Crippen LogP contribution in [0.3, 0.4) is 0 Å². The Bertz CT molecular complexity index is 1000. The summed E-state index contributed by atoms with van der Waals surface area (Å²) >= 11 is 0. The van der Waals surface area contributed by atoms with E-state index in [9.17, 15) is 9.18 Å². The molecule has 2 aromatic heterocycles. The number of rotatable bonds is 7. The second kappa shape index (κ2) is 10.3. The molecule has 3 aromatic rings. The quantitative estimate of drug-likeness (QED) is 0.607. The number of amides is 1. The molecule has 1 aliphatic heterocycles. The number of hydrogen-bond acceptors (Lipinski definition) is 5. The third kappa shape index (κ3) is 5.29. The highest BCUT2D eigenvalue weighted by atomic mass is 19.1. The minimum Gasteiger partial charge on any atom is -0.396 e. The molecule has 0 atom stereocenters. The zero-order valence-corrected chi connectivity index (χ0v) is 17.9. The number of benzene rings is 1. The minimum atomic E-state index is -0.351. The second-order valence-corrected chi connectivity index (χ2v) is 8.08. The fourth-order valence-corrected chi connectivity index (χ4v) is 4.06. The lowest BCUT2D eigenvalue weighted by molar-refractivity contribution is 0.0984. The van der Waals surface area contributed by atoms with Gasteiger partial charge in [-0.1, -0.05) is 6.07 Å². The van der Waals surface area contributed by atoms with Gasteiger partial charge in [-0.25, -0.2) is 9.37 Å². The molecule has 7 heteroatoms. The van der Waals surface area contributed by atoms with Crippen molar-refractivity contribution in [2.24, 2.45) is 5.92 Å². The molecular weight excluding hydrogens is 407 g/mol. The summed E-state index contributed by atoms with van der Waals surface area (Å²) < 4.78 is 13.4. The monoisotopic (exact) mass is 434 g/mol. The maximum absolute atomic E-state index is 13.4. The SMILES string of the molecule is O=C(c1cccnc1)N(Cc1ccc(N2CCC(CCO)CC2)nc1)c1ccc(F)cc1. The van der Waals surface area contributed by atoms with E-state index in [-0.39, 0.29) is 18.3 Å². The van der Waals surface area contributed by atoms with Gasteiger partial charge in [-0.15, -0.1) is 0 Å². The van der Waals surface area contributed by atoms with Gasteiger partial charge in [0.15, 0.2) is 0 Å². The minimum absolute atomic E-state index is 0.209. The van der Waals surface area contributed by atoms with Gasteiger partial charge in [0, 0.05) is 44.0 Å². The molecule has 6 nitrogen and oxygen atoms in total. The molecule has 1 aromatic carbocycles. The van der Waals surface area contributed by atoms with E-state index in [1.165, 1.54) is 18.3 Å². The van der Waals surface area contributed by atoms with Crippen LogP contribution < -0.4 is 9.80 Å². The third-order valence-electron chi connectivity index (χ3n) is 5.92. The molecule has 0 saturated carbocycles. The van der Waals surface area contributed by atoms with Gasteiger partial charge in [-0.3, -0.25) is 9.78 Å². The maximum Gasteiger partial charge on any atom is 0.260 e. The highest BCUT2D eigenvalue weighted by Crippen LogP contribution is 2.25. The third-order valence-corrected chi connectivity index (χ3v) is 5.92. The van der Waals surface area contributed by atoms with Crippen molar-refractivity contribution in [1.29, 1.82) is 0 Å². The van der Waals surface area contributed by atoms with Crippen molar-refractivity contribution in [3.63, 3.8) is 0 Å². The lowest BCUT2D eigenvalue weighted by Gasteiger charge is -2.32. The molecule has 0 unspecified atom stereocenters. The number of aliphatic hydroxyl groups excluding tert-OH is 1. The number of carbonyl (C=O) groups is 1. The van der Waals surface area contributed by atoms with Gasteiger partial charge >= 0.3 is 0 Å². The van der Waals surface area contributed by atoms with Gasteiger partial charge < -0.3 is 14.9 Å². The van der Waals surface area contributed by atoms with E-state index in [4.69, 9.17) is 5.11 Å². The molecule has 32 heavy (non-hydrogen) atoms. The van der Waals surface area contributed by atoms with Crippen LogP contribution in [0.5, 0.6) is 0 Å². The van der Waals surface area contributed by atoms with E-state index >= 15 is 0 Å². The van der Waals surface area contributed by atoms with Gasteiger partial charge in [0.25, 0.3) is 5.91 Å². The molecule has 1 aliphatic rings. The summed E-state index contributed by atoms with van der Waals surface area (Å²) in [6.07, 6.45) is 7.92. The molecule has 0 radical (unpaired) electrons.